The SMILES string of the molecule is CCOC1CC(Nc2c(Cl)cnn(CC3CC3)c2=O)C1. The zero-order valence-electron chi connectivity index (χ0n) is 11.6. The van der Waals surface area contributed by atoms with Crippen molar-refractivity contribution in [3.05, 3.63) is 21.6 Å². The second-order valence-corrected chi connectivity index (χ2v) is 6.10. The summed E-state index contributed by atoms with van der Waals surface area (Å²) in [6, 6.07) is 0.272. The second-order valence-electron chi connectivity index (χ2n) is 5.69. The Balaban J connectivity index is 1.67. The van der Waals surface area contributed by atoms with Gasteiger partial charge in [-0.3, -0.25) is 4.79 Å². The van der Waals surface area contributed by atoms with Crippen LogP contribution in [-0.4, -0.2) is 28.5 Å². The Morgan fingerprint density at radius 3 is 2.90 bits per heavy atom. The zero-order chi connectivity index (χ0) is 14.1. The predicted octanol–water partition coefficient (Wildman–Crippen LogP) is 2.29. The number of anilines is 1. The average molecular weight is 298 g/mol. The van der Waals surface area contributed by atoms with Crippen molar-refractivity contribution in [2.45, 2.75) is 51.3 Å². The molecular formula is C14H20ClN3O2. The molecule has 2 aliphatic carbocycles. The third kappa shape index (κ3) is 2.99. The number of nitrogens with zero attached hydrogens (tertiary/aromatic N) is 2. The highest BCUT2D eigenvalue weighted by molar-refractivity contribution is 6.33. The summed E-state index contributed by atoms with van der Waals surface area (Å²) >= 11 is 6.11. The molecule has 0 aromatic carbocycles. The Morgan fingerprint density at radius 1 is 1.50 bits per heavy atom. The number of aromatic nitrogens is 2. The van der Waals surface area contributed by atoms with E-state index in [-0.39, 0.29) is 11.6 Å². The molecular weight excluding hydrogens is 278 g/mol. The molecule has 1 N–H and O–H groups in total. The van der Waals surface area contributed by atoms with Crippen LogP contribution in [0.1, 0.15) is 32.6 Å². The van der Waals surface area contributed by atoms with E-state index in [1.807, 2.05) is 6.92 Å². The van der Waals surface area contributed by atoms with E-state index in [0.29, 0.717) is 29.3 Å². The van der Waals surface area contributed by atoms with E-state index in [4.69, 9.17) is 16.3 Å². The number of ether oxygens (including phenoxy) is 1. The van der Waals surface area contributed by atoms with Crippen LogP contribution < -0.4 is 10.9 Å². The molecule has 0 bridgehead atoms. The molecule has 2 saturated carbocycles. The maximum Gasteiger partial charge on any atom is 0.291 e. The maximum absolute atomic E-state index is 12.4. The number of hydrogen-bond acceptors (Lipinski definition) is 4. The van der Waals surface area contributed by atoms with Gasteiger partial charge < -0.3 is 10.1 Å². The lowest BCUT2D eigenvalue weighted by Crippen LogP contribution is -2.42. The Hall–Kier alpha value is -1.07. The highest BCUT2D eigenvalue weighted by Crippen LogP contribution is 2.31. The summed E-state index contributed by atoms with van der Waals surface area (Å²) in [5, 5.41) is 7.78. The number of halogens is 1. The van der Waals surface area contributed by atoms with Crippen LogP contribution in [0.2, 0.25) is 5.02 Å². The van der Waals surface area contributed by atoms with Crippen LogP contribution in [0.15, 0.2) is 11.0 Å². The third-order valence-corrected chi connectivity index (χ3v) is 4.26. The van der Waals surface area contributed by atoms with Gasteiger partial charge in [0.1, 0.15) is 5.69 Å². The van der Waals surface area contributed by atoms with Crippen molar-refractivity contribution in [3.8, 4) is 0 Å². The molecule has 1 heterocycles. The van der Waals surface area contributed by atoms with Crippen LogP contribution in [0, 0.1) is 5.92 Å². The van der Waals surface area contributed by atoms with Gasteiger partial charge in [-0.2, -0.15) is 5.10 Å². The van der Waals surface area contributed by atoms with Gasteiger partial charge >= 0.3 is 0 Å². The van der Waals surface area contributed by atoms with Gasteiger partial charge in [-0.05, 0) is 38.5 Å². The molecule has 2 aliphatic rings. The van der Waals surface area contributed by atoms with Crippen molar-refractivity contribution >= 4 is 17.3 Å². The molecule has 20 heavy (non-hydrogen) atoms. The van der Waals surface area contributed by atoms with Crippen LogP contribution in [0.3, 0.4) is 0 Å². The van der Waals surface area contributed by atoms with E-state index >= 15 is 0 Å². The maximum atomic E-state index is 12.4. The highest BCUT2D eigenvalue weighted by Gasteiger charge is 2.31. The molecule has 0 amide bonds. The molecule has 6 heteroatoms. The molecule has 110 valence electrons. The summed E-state index contributed by atoms with van der Waals surface area (Å²) in [6.07, 6.45) is 6.11. The Morgan fingerprint density at radius 2 is 2.25 bits per heavy atom. The lowest BCUT2D eigenvalue weighted by Gasteiger charge is -2.36. The summed E-state index contributed by atoms with van der Waals surface area (Å²) < 4.78 is 7.05. The van der Waals surface area contributed by atoms with Gasteiger partial charge in [0.25, 0.3) is 5.56 Å². The van der Waals surface area contributed by atoms with Crippen molar-refractivity contribution < 1.29 is 4.74 Å². The Labute approximate surface area is 123 Å². The van der Waals surface area contributed by atoms with Crippen LogP contribution in [-0.2, 0) is 11.3 Å². The Bertz CT molecular complexity index is 536. The fraction of sp³-hybridized carbons (Fsp3) is 0.714. The average Bonchev–Trinajstić information content (AvgIpc) is 3.18. The summed E-state index contributed by atoms with van der Waals surface area (Å²) in [5.41, 5.74) is 0.381. The van der Waals surface area contributed by atoms with Crippen molar-refractivity contribution in [1.82, 2.24) is 9.78 Å². The minimum atomic E-state index is -0.107. The second kappa shape index (κ2) is 5.74. The normalized spacial score (nSPS) is 25.3. The molecule has 0 radical (unpaired) electrons. The number of hydrogen-bond donors (Lipinski definition) is 1. The first-order chi connectivity index (χ1) is 9.67. The summed E-state index contributed by atoms with van der Waals surface area (Å²) in [6.45, 7) is 3.44. The van der Waals surface area contributed by atoms with Gasteiger partial charge in [-0.15, -0.1) is 0 Å². The van der Waals surface area contributed by atoms with Crippen LogP contribution in [0.5, 0.6) is 0 Å². The molecule has 0 aliphatic heterocycles. The van der Waals surface area contributed by atoms with E-state index < -0.39 is 0 Å². The monoisotopic (exact) mass is 297 g/mol. The number of rotatable bonds is 6. The minimum Gasteiger partial charge on any atom is -0.378 e. The molecule has 0 saturated heterocycles. The first-order valence-electron chi connectivity index (χ1n) is 7.31. The quantitative estimate of drug-likeness (QED) is 0.875. The molecule has 0 spiro atoms. The molecule has 0 unspecified atom stereocenters. The molecule has 1 aromatic rings. The van der Waals surface area contributed by atoms with E-state index in [1.165, 1.54) is 17.5 Å². The number of nitrogens with one attached hydrogen (secondary N) is 1. The fourth-order valence-corrected chi connectivity index (χ4v) is 2.71. The molecule has 5 nitrogen and oxygen atoms in total. The lowest BCUT2D eigenvalue weighted by atomic mass is 9.89. The third-order valence-electron chi connectivity index (χ3n) is 3.97. The molecule has 0 atom stereocenters. The van der Waals surface area contributed by atoms with Gasteiger partial charge in [0.2, 0.25) is 0 Å². The molecule has 3 rings (SSSR count). The minimum absolute atomic E-state index is 0.107. The summed E-state index contributed by atoms with van der Waals surface area (Å²) in [7, 11) is 0. The van der Waals surface area contributed by atoms with Gasteiger partial charge in [0.15, 0.2) is 0 Å². The first kappa shape index (κ1) is 13.9. The van der Waals surface area contributed by atoms with Gasteiger partial charge in [-0.1, -0.05) is 11.6 Å². The van der Waals surface area contributed by atoms with E-state index in [9.17, 15) is 4.79 Å². The van der Waals surface area contributed by atoms with Crippen LogP contribution >= 0.6 is 11.6 Å². The Kier molecular flexibility index (Phi) is 3.98. The molecule has 1 aromatic heterocycles. The zero-order valence-corrected chi connectivity index (χ0v) is 12.4. The van der Waals surface area contributed by atoms with Gasteiger partial charge in [0, 0.05) is 19.2 Å². The summed E-state index contributed by atoms with van der Waals surface area (Å²) in [5.74, 6) is 0.611. The van der Waals surface area contributed by atoms with E-state index in [1.54, 1.807) is 6.20 Å². The standard InChI is InChI=1S/C14H20ClN3O2/c1-2-20-11-5-10(6-11)17-13-12(15)7-16-18(14(13)19)8-9-3-4-9/h7,9-11,17H,2-6,8H2,1H3. The smallest absolute Gasteiger partial charge is 0.291 e. The first-order valence-corrected chi connectivity index (χ1v) is 7.69. The topological polar surface area (TPSA) is 56.1 Å². The molecule has 2 fully saturated rings. The van der Waals surface area contributed by atoms with Crippen molar-refractivity contribution in [2.24, 2.45) is 5.92 Å². The van der Waals surface area contributed by atoms with Crippen LogP contribution in [0.4, 0.5) is 5.69 Å². The lowest BCUT2D eigenvalue weighted by molar-refractivity contribution is 0.00296. The van der Waals surface area contributed by atoms with Crippen molar-refractivity contribution in [1.29, 1.82) is 0 Å². The van der Waals surface area contributed by atoms with Crippen molar-refractivity contribution in [3.63, 3.8) is 0 Å². The summed E-state index contributed by atoms with van der Waals surface area (Å²) in [4.78, 5) is 12.4. The van der Waals surface area contributed by atoms with Crippen molar-refractivity contribution in [2.75, 3.05) is 11.9 Å². The highest BCUT2D eigenvalue weighted by atomic mass is 35.5. The van der Waals surface area contributed by atoms with Gasteiger partial charge in [0.05, 0.1) is 17.3 Å². The predicted molar refractivity (Wildman–Crippen MR) is 78.3 cm³/mol. The van der Waals surface area contributed by atoms with E-state index in [0.717, 1.165) is 19.4 Å². The largest absolute Gasteiger partial charge is 0.378 e. The fourth-order valence-electron chi connectivity index (χ4n) is 2.53. The van der Waals surface area contributed by atoms with Gasteiger partial charge in [-0.25, -0.2) is 4.68 Å². The van der Waals surface area contributed by atoms with Crippen LogP contribution in [0.25, 0.3) is 0 Å². The van der Waals surface area contributed by atoms with E-state index in [2.05, 4.69) is 10.4 Å².